The first-order valence-corrected chi connectivity index (χ1v) is 12.0. The van der Waals surface area contributed by atoms with Gasteiger partial charge in [0.15, 0.2) is 5.96 Å². The van der Waals surface area contributed by atoms with Crippen LogP contribution in [0, 0.1) is 0 Å². The van der Waals surface area contributed by atoms with Crippen LogP contribution in [-0.2, 0) is 20.8 Å². The highest BCUT2D eigenvalue weighted by molar-refractivity contribution is 6.39. The molecule has 0 atom stereocenters. The average Bonchev–Trinajstić information content (AvgIpc) is 2.89. The zero-order valence-electron chi connectivity index (χ0n) is 22.2. The van der Waals surface area contributed by atoms with Crippen molar-refractivity contribution in [3.05, 3.63) is 29.8 Å². The number of carboxylic acids is 2. The summed E-state index contributed by atoms with van der Waals surface area (Å²) in [5, 5.41) is 29.3. The Balaban J connectivity index is 0. The number of nitrogens with zero attached hydrogens (tertiary/aromatic N) is 2. The van der Waals surface area contributed by atoms with Gasteiger partial charge in [-0.05, 0) is 43.5 Å². The Kier molecular flexibility index (Phi) is 20.4. The number of aliphatic carboxylic acids is 2. The van der Waals surface area contributed by atoms with Gasteiger partial charge in [-0.1, -0.05) is 30.1 Å². The number of guanidine groups is 1. The quantitative estimate of drug-likeness (QED) is 0.0399. The number of rotatable bonds is 14. The van der Waals surface area contributed by atoms with Gasteiger partial charge < -0.3 is 42.7 Å². The van der Waals surface area contributed by atoms with Crippen LogP contribution >= 0.6 is 0 Å². The van der Waals surface area contributed by atoms with E-state index in [1.54, 1.807) is 0 Å². The number of carboxylic acid groups (broad SMARTS) is 2. The molecule has 0 fully saturated rings. The molecule has 0 aliphatic carbocycles. The monoisotopic (exact) mass is 620 g/mol. The van der Waals surface area contributed by atoms with Crippen LogP contribution in [0.2, 0.25) is 0 Å². The standard InChI is InChI=1S/C19H32N6O3.2C2HF3O2/c20-10-5-13-28-16-8-6-15(7-9-16)14-17(25-27)18(26)23-11-3-1-2-4-12-24-19(21)22;2*3-2(4,5)1(6)7/h6-9,27H,1-5,10-14,20H2,(H,23,26)(H4,21,22,24);2*(H,6,7)/b25-17+;;. The van der Waals surface area contributed by atoms with Crippen LogP contribution in [0.3, 0.4) is 0 Å². The van der Waals surface area contributed by atoms with Crippen molar-refractivity contribution in [2.24, 2.45) is 27.3 Å². The number of benzene rings is 1. The summed E-state index contributed by atoms with van der Waals surface area (Å²) in [6.45, 7) is 2.29. The Hall–Kier alpha value is -4.29. The van der Waals surface area contributed by atoms with Gasteiger partial charge in [-0.3, -0.25) is 9.79 Å². The molecular weight excluding hydrogens is 586 g/mol. The molecule has 0 aliphatic heterocycles. The fourth-order valence-electron chi connectivity index (χ4n) is 2.43. The van der Waals surface area contributed by atoms with E-state index in [-0.39, 0.29) is 24.0 Å². The lowest BCUT2D eigenvalue weighted by Crippen LogP contribution is -2.33. The minimum Gasteiger partial charge on any atom is -0.494 e. The number of amides is 1. The fourth-order valence-corrected chi connectivity index (χ4v) is 2.43. The molecule has 1 aromatic rings. The van der Waals surface area contributed by atoms with Crippen LogP contribution in [0.4, 0.5) is 26.3 Å². The summed E-state index contributed by atoms with van der Waals surface area (Å²) in [5.74, 6) is -5.04. The molecule has 42 heavy (non-hydrogen) atoms. The number of halogens is 6. The Morgan fingerprint density at radius 2 is 1.36 bits per heavy atom. The number of unbranched alkanes of at least 4 members (excludes halogenated alkanes) is 3. The van der Waals surface area contributed by atoms with Crippen molar-refractivity contribution in [3.8, 4) is 5.75 Å². The fraction of sp³-hybridized carbons (Fsp3) is 0.522. The molecule has 1 rings (SSSR count). The number of aliphatic imine (C=N–C) groups is 1. The first kappa shape index (κ1) is 39.9. The van der Waals surface area contributed by atoms with Crippen molar-refractivity contribution in [2.75, 3.05) is 26.2 Å². The van der Waals surface area contributed by atoms with Crippen LogP contribution < -0.4 is 27.3 Å². The van der Waals surface area contributed by atoms with E-state index >= 15 is 0 Å². The molecule has 0 spiro atoms. The summed E-state index contributed by atoms with van der Waals surface area (Å²) in [6.07, 6.45) is -5.46. The van der Waals surface area contributed by atoms with Gasteiger partial charge in [-0.2, -0.15) is 26.3 Å². The zero-order valence-corrected chi connectivity index (χ0v) is 22.2. The predicted octanol–water partition coefficient (Wildman–Crippen LogP) is 2.00. The van der Waals surface area contributed by atoms with Crippen molar-refractivity contribution in [1.29, 1.82) is 0 Å². The zero-order chi connectivity index (χ0) is 32.8. The number of alkyl halides is 6. The molecule has 0 heterocycles. The summed E-state index contributed by atoms with van der Waals surface area (Å²) in [6, 6.07) is 7.32. The van der Waals surface area contributed by atoms with Gasteiger partial charge in [-0.15, -0.1) is 0 Å². The van der Waals surface area contributed by atoms with Gasteiger partial charge in [0.05, 0.1) is 6.61 Å². The van der Waals surface area contributed by atoms with Crippen LogP contribution in [0.5, 0.6) is 5.75 Å². The predicted molar refractivity (Wildman–Crippen MR) is 138 cm³/mol. The van der Waals surface area contributed by atoms with Crippen LogP contribution in [0.25, 0.3) is 0 Å². The molecule has 10 N–H and O–H groups in total. The number of hydrogen-bond acceptors (Lipinski definition) is 8. The Labute approximate surface area is 236 Å². The van der Waals surface area contributed by atoms with E-state index in [2.05, 4.69) is 15.5 Å². The number of oxime groups is 1. The third-order valence-electron chi connectivity index (χ3n) is 4.44. The number of ether oxygens (including phenoxy) is 1. The van der Waals surface area contributed by atoms with E-state index in [9.17, 15) is 31.1 Å². The highest BCUT2D eigenvalue weighted by Gasteiger charge is 2.38. The highest BCUT2D eigenvalue weighted by Crippen LogP contribution is 2.14. The molecule has 0 saturated carbocycles. The third kappa shape index (κ3) is 22.5. The first-order chi connectivity index (χ1) is 19.4. The number of hydrogen-bond donors (Lipinski definition) is 7. The molecule has 0 bridgehead atoms. The molecule has 19 heteroatoms. The summed E-state index contributed by atoms with van der Waals surface area (Å²) >= 11 is 0. The second-order valence-corrected chi connectivity index (χ2v) is 7.94. The Morgan fingerprint density at radius 3 is 1.79 bits per heavy atom. The van der Waals surface area contributed by atoms with Gasteiger partial charge in [0, 0.05) is 19.5 Å². The number of carbonyl (C=O) groups is 3. The van der Waals surface area contributed by atoms with Crippen LogP contribution in [-0.4, -0.2) is 83.5 Å². The van der Waals surface area contributed by atoms with E-state index in [0.717, 1.165) is 43.4 Å². The molecule has 0 saturated heterocycles. The molecule has 0 unspecified atom stereocenters. The minimum absolute atomic E-state index is 0.0737. The van der Waals surface area contributed by atoms with Gasteiger partial charge in [0.2, 0.25) is 0 Å². The van der Waals surface area contributed by atoms with Crippen molar-refractivity contribution in [3.63, 3.8) is 0 Å². The Bertz CT molecular complexity index is 975. The number of nitrogens with one attached hydrogen (secondary N) is 1. The van der Waals surface area contributed by atoms with Crippen LogP contribution in [0.15, 0.2) is 34.4 Å². The largest absolute Gasteiger partial charge is 0.494 e. The first-order valence-electron chi connectivity index (χ1n) is 12.0. The SMILES string of the molecule is NCCCOc1ccc(C/C(=N\O)C(=O)NCCCCCCN=C(N)N)cc1.O=C(O)C(F)(F)F.O=C(O)C(F)(F)F. The highest BCUT2D eigenvalue weighted by atomic mass is 19.4. The summed E-state index contributed by atoms with van der Waals surface area (Å²) in [5.41, 5.74) is 16.9. The van der Waals surface area contributed by atoms with Gasteiger partial charge in [-0.25, -0.2) is 9.59 Å². The third-order valence-corrected chi connectivity index (χ3v) is 4.44. The van der Waals surface area contributed by atoms with Crippen molar-refractivity contribution in [1.82, 2.24) is 5.32 Å². The Morgan fingerprint density at radius 1 is 0.857 bits per heavy atom. The van der Waals surface area contributed by atoms with E-state index in [1.807, 2.05) is 24.3 Å². The van der Waals surface area contributed by atoms with E-state index in [0.29, 0.717) is 26.2 Å². The summed E-state index contributed by atoms with van der Waals surface area (Å²) < 4.78 is 69.0. The maximum Gasteiger partial charge on any atom is 0.490 e. The number of nitrogens with two attached hydrogens (primary N) is 3. The molecule has 240 valence electrons. The molecule has 0 aromatic heterocycles. The molecule has 0 aliphatic rings. The molecule has 1 aromatic carbocycles. The smallest absolute Gasteiger partial charge is 0.490 e. The lowest BCUT2D eigenvalue weighted by Gasteiger charge is -2.08. The maximum absolute atomic E-state index is 12.1. The molecular formula is C23H34F6N6O7. The molecule has 1 amide bonds. The maximum atomic E-state index is 12.1. The summed E-state index contributed by atoms with van der Waals surface area (Å²) in [7, 11) is 0. The van der Waals surface area contributed by atoms with Crippen molar-refractivity contribution in [2.45, 2.75) is 50.9 Å². The second-order valence-electron chi connectivity index (χ2n) is 7.94. The van der Waals surface area contributed by atoms with Crippen molar-refractivity contribution < 1.29 is 60.9 Å². The van der Waals surface area contributed by atoms with Gasteiger partial charge in [0.1, 0.15) is 11.5 Å². The van der Waals surface area contributed by atoms with Gasteiger partial charge in [0.25, 0.3) is 5.91 Å². The topological polar surface area (TPSA) is 236 Å². The normalized spacial score (nSPS) is 11.2. The lowest BCUT2D eigenvalue weighted by atomic mass is 10.1. The molecule has 0 radical (unpaired) electrons. The second kappa shape index (κ2) is 21.5. The van der Waals surface area contributed by atoms with E-state index in [1.165, 1.54) is 0 Å². The van der Waals surface area contributed by atoms with Crippen molar-refractivity contribution >= 4 is 29.5 Å². The van der Waals surface area contributed by atoms with Gasteiger partial charge >= 0.3 is 24.3 Å². The van der Waals surface area contributed by atoms with E-state index in [4.69, 9.17) is 46.9 Å². The lowest BCUT2D eigenvalue weighted by molar-refractivity contribution is -0.193. The number of carbonyl (C=O) groups excluding carboxylic acids is 1. The average molecular weight is 621 g/mol. The summed E-state index contributed by atoms with van der Waals surface area (Å²) in [4.78, 5) is 33.9. The van der Waals surface area contributed by atoms with E-state index < -0.39 is 24.3 Å². The molecule has 13 nitrogen and oxygen atoms in total. The minimum atomic E-state index is -5.08. The van der Waals surface area contributed by atoms with Crippen LogP contribution in [0.1, 0.15) is 37.7 Å².